The van der Waals surface area contributed by atoms with Crippen LogP contribution in [0.1, 0.15) is 17.2 Å². The lowest BCUT2D eigenvalue weighted by Gasteiger charge is -2.19. The van der Waals surface area contributed by atoms with Crippen molar-refractivity contribution < 1.29 is 4.39 Å². The number of benzene rings is 2. The van der Waals surface area contributed by atoms with Crippen molar-refractivity contribution in [1.82, 2.24) is 5.32 Å². The second-order valence-corrected chi connectivity index (χ2v) is 5.15. The van der Waals surface area contributed by atoms with E-state index in [1.54, 1.807) is 25.2 Å². The normalized spacial score (nSPS) is 12.4. The summed E-state index contributed by atoms with van der Waals surface area (Å²) < 4.78 is 14.6. The Bertz CT molecular complexity index is 559. The van der Waals surface area contributed by atoms with E-state index in [9.17, 15) is 4.39 Å². The molecule has 0 aromatic heterocycles. The van der Waals surface area contributed by atoms with Crippen LogP contribution in [0.5, 0.6) is 0 Å². The van der Waals surface area contributed by atoms with Crippen molar-refractivity contribution in [2.75, 3.05) is 7.05 Å². The minimum atomic E-state index is -0.267. The molecule has 18 heavy (non-hydrogen) atoms. The molecule has 1 unspecified atom stereocenters. The van der Waals surface area contributed by atoms with E-state index < -0.39 is 0 Å². The maximum absolute atomic E-state index is 14.1. The average molecular weight is 329 g/mol. The molecule has 94 valence electrons. The Morgan fingerprint density at radius 2 is 1.78 bits per heavy atom. The SMILES string of the molecule is CNC(c1ccccc1Cl)c1cccc(Br)c1F. The molecule has 0 aliphatic carbocycles. The van der Waals surface area contributed by atoms with Crippen LogP contribution >= 0.6 is 27.5 Å². The van der Waals surface area contributed by atoms with Crippen molar-refractivity contribution in [3.05, 3.63) is 68.9 Å². The van der Waals surface area contributed by atoms with Crippen molar-refractivity contribution >= 4 is 27.5 Å². The topological polar surface area (TPSA) is 12.0 Å². The Balaban J connectivity index is 2.53. The van der Waals surface area contributed by atoms with Crippen molar-refractivity contribution in [3.63, 3.8) is 0 Å². The molecule has 2 aromatic rings. The third-order valence-corrected chi connectivity index (χ3v) is 3.75. The molecule has 0 radical (unpaired) electrons. The van der Waals surface area contributed by atoms with Gasteiger partial charge in [-0.25, -0.2) is 4.39 Å². The molecule has 1 atom stereocenters. The van der Waals surface area contributed by atoms with Gasteiger partial charge in [0.25, 0.3) is 0 Å². The lowest BCUT2D eigenvalue weighted by Crippen LogP contribution is -2.19. The van der Waals surface area contributed by atoms with Crippen molar-refractivity contribution in [1.29, 1.82) is 0 Å². The van der Waals surface area contributed by atoms with Crippen LogP contribution in [0.3, 0.4) is 0 Å². The second-order valence-electron chi connectivity index (χ2n) is 3.89. The lowest BCUT2D eigenvalue weighted by atomic mass is 9.98. The first-order valence-corrected chi connectivity index (χ1v) is 6.68. The molecule has 1 nitrogen and oxygen atoms in total. The predicted molar refractivity (Wildman–Crippen MR) is 76.5 cm³/mol. The van der Waals surface area contributed by atoms with E-state index >= 15 is 0 Å². The van der Waals surface area contributed by atoms with E-state index in [4.69, 9.17) is 11.6 Å². The third-order valence-electron chi connectivity index (χ3n) is 2.80. The summed E-state index contributed by atoms with van der Waals surface area (Å²) in [6.45, 7) is 0. The van der Waals surface area contributed by atoms with Gasteiger partial charge in [-0.1, -0.05) is 41.9 Å². The second kappa shape index (κ2) is 5.83. The van der Waals surface area contributed by atoms with Crippen molar-refractivity contribution in [2.45, 2.75) is 6.04 Å². The molecule has 0 saturated heterocycles. The zero-order valence-corrected chi connectivity index (χ0v) is 12.1. The van der Waals surface area contributed by atoms with E-state index in [0.29, 0.717) is 15.1 Å². The third kappa shape index (κ3) is 2.58. The summed E-state index contributed by atoms with van der Waals surface area (Å²) in [5, 5.41) is 3.72. The Morgan fingerprint density at radius 1 is 1.11 bits per heavy atom. The van der Waals surface area contributed by atoms with E-state index in [0.717, 1.165) is 5.56 Å². The molecule has 0 amide bonds. The van der Waals surface area contributed by atoms with Crippen molar-refractivity contribution in [3.8, 4) is 0 Å². The van der Waals surface area contributed by atoms with Crippen LogP contribution < -0.4 is 5.32 Å². The fourth-order valence-corrected chi connectivity index (χ4v) is 2.56. The van der Waals surface area contributed by atoms with Gasteiger partial charge in [-0.2, -0.15) is 0 Å². The molecule has 0 aliphatic heterocycles. The molecule has 0 heterocycles. The van der Waals surface area contributed by atoms with Gasteiger partial charge >= 0.3 is 0 Å². The van der Waals surface area contributed by atoms with Crippen molar-refractivity contribution in [2.24, 2.45) is 0 Å². The highest BCUT2D eigenvalue weighted by Gasteiger charge is 2.19. The summed E-state index contributed by atoms with van der Waals surface area (Å²) in [6.07, 6.45) is 0. The molecule has 1 N–H and O–H groups in total. The summed E-state index contributed by atoms with van der Waals surface area (Å²) in [5.41, 5.74) is 1.43. The van der Waals surface area contributed by atoms with Crippen LogP contribution in [0, 0.1) is 5.82 Å². The van der Waals surface area contributed by atoms with E-state index in [2.05, 4.69) is 21.2 Å². The lowest BCUT2D eigenvalue weighted by molar-refractivity contribution is 0.571. The number of hydrogen-bond donors (Lipinski definition) is 1. The summed E-state index contributed by atoms with van der Waals surface area (Å²) in [6, 6.07) is 12.4. The molecule has 2 rings (SSSR count). The maximum Gasteiger partial charge on any atom is 0.142 e. The van der Waals surface area contributed by atoms with Crippen LogP contribution in [0.2, 0.25) is 5.02 Å². The molecule has 0 saturated carbocycles. The van der Waals surface area contributed by atoms with Crippen LogP contribution in [-0.2, 0) is 0 Å². The first-order valence-electron chi connectivity index (χ1n) is 5.50. The van der Waals surface area contributed by atoms with E-state index in [1.165, 1.54) is 0 Å². The predicted octanol–water partition coefficient (Wildman–Crippen LogP) is 4.55. The molecule has 0 fully saturated rings. The van der Waals surface area contributed by atoms with E-state index in [1.807, 2.05) is 24.3 Å². The Kier molecular flexibility index (Phi) is 4.38. The zero-order valence-electron chi connectivity index (χ0n) is 9.75. The molecule has 4 heteroatoms. The Labute approximate surface area is 119 Å². The molecule has 0 aliphatic rings. The van der Waals surface area contributed by atoms with Crippen LogP contribution in [0.4, 0.5) is 4.39 Å². The summed E-state index contributed by atoms with van der Waals surface area (Å²) in [7, 11) is 1.79. The van der Waals surface area contributed by atoms with Gasteiger partial charge in [0, 0.05) is 10.6 Å². The number of nitrogens with one attached hydrogen (secondary N) is 1. The monoisotopic (exact) mass is 327 g/mol. The highest BCUT2D eigenvalue weighted by Crippen LogP contribution is 2.31. The van der Waals surface area contributed by atoms with Gasteiger partial charge < -0.3 is 5.32 Å². The highest BCUT2D eigenvalue weighted by molar-refractivity contribution is 9.10. The fourth-order valence-electron chi connectivity index (χ4n) is 1.93. The molecular weight excluding hydrogens is 317 g/mol. The maximum atomic E-state index is 14.1. The molecule has 2 aromatic carbocycles. The zero-order chi connectivity index (χ0) is 13.1. The highest BCUT2D eigenvalue weighted by atomic mass is 79.9. The average Bonchev–Trinajstić information content (AvgIpc) is 2.37. The molecule has 0 bridgehead atoms. The van der Waals surface area contributed by atoms with Gasteiger partial charge in [0.1, 0.15) is 5.82 Å². The number of rotatable bonds is 3. The Hall–Kier alpha value is -0.900. The Morgan fingerprint density at radius 3 is 2.44 bits per heavy atom. The number of hydrogen-bond acceptors (Lipinski definition) is 1. The summed E-state index contributed by atoms with van der Waals surface area (Å²) in [4.78, 5) is 0. The quantitative estimate of drug-likeness (QED) is 0.871. The minimum Gasteiger partial charge on any atom is -0.309 e. The van der Waals surface area contributed by atoms with Crippen LogP contribution in [0.25, 0.3) is 0 Å². The summed E-state index contributed by atoms with van der Waals surface area (Å²) >= 11 is 9.36. The van der Waals surface area contributed by atoms with Gasteiger partial charge in [-0.15, -0.1) is 0 Å². The first kappa shape index (κ1) is 13.5. The largest absolute Gasteiger partial charge is 0.309 e. The standard InChI is InChI=1S/C14H12BrClFN/c1-18-14(9-5-2-3-8-12(9)16)10-6-4-7-11(15)13(10)17/h2-8,14,18H,1H3. The molecule has 0 spiro atoms. The van der Waals surface area contributed by atoms with Gasteiger partial charge in [0.05, 0.1) is 10.5 Å². The van der Waals surface area contributed by atoms with Gasteiger partial charge in [-0.05, 0) is 40.7 Å². The number of halogens is 3. The summed E-state index contributed by atoms with van der Waals surface area (Å²) in [5.74, 6) is -0.267. The van der Waals surface area contributed by atoms with E-state index in [-0.39, 0.29) is 11.9 Å². The van der Waals surface area contributed by atoms with Gasteiger partial charge in [0.15, 0.2) is 0 Å². The van der Waals surface area contributed by atoms with Crippen LogP contribution in [0.15, 0.2) is 46.9 Å². The van der Waals surface area contributed by atoms with Crippen LogP contribution in [-0.4, -0.2) is 7.05 Å². The first-order chi connectivity index (χ1) is 8.65. The van der Waals surface area contributed by atoms with Gasteiger partial charge in [-0.3, -0.25) is 0 Å². The van der Waals surface area contributed by atoms with Gasteiger partial charge in [0.2, 0.25) is 0 Å². The minimum absolute atomic E-state index is 0.267. The fraction of sp³-hybridized carbons (Fsp3) is 0.143. The smallest absolute Gasteiger partial charge is 0.142 e. The molecular formula is C14H12BrClFN.